The average Bonchev–Trinajstić information content (AvgIpc) is 2.45. The lowest BCUT2D eigenvalue weighted by atomic mass is 10.1. The predicted octanol–water partition coefficient (Wildman–Crippen LogP) is 0.613. The maximum atomic E-state index is 12.1. The van der Waals surface area contributed by atoms with Crippen LogP contribution in [0.15, 0.2) is 24.3 Å². The number of carbonyl (C=O) groups excluding carboxylic acids is 2. The Labute approximate surface area is 111 Å². The summed E-state index contributed by atoms with van der Waals surface area (Å²) in [5.74, 6) is -0.559. The molecule has 0 aliphatic heterocycles. The molecule has 19 heavy (non-hydrogen) atoms. The zero-order chi connectivity index (χ0) is 14.3. The fourth-order valence-electron chi connectivity index (χ4n) is 1.55. The van der Waals surface area contributed by atoms with Gasteiger partial charge in [0.05, 0.1) is 26.4 Å². The van der Waals surface area contributed by atoms with Gasteiger partial charge in [0.2, 0.25) is 0 Å². The first-order valence-electron chi connectivity index (χ1n) is 5.64. The van der Waals surface area contributed by atoms with Gasteiger partial charge in [0.15, 0.2) is 6.04 Å². The van der Waals surface area contributed by atoms with Crippen LogP contribution >= 0.6 is 0 Å². The molecule has 0 heterocycles. The largest absolute Gasteiger partial charge is 0.496 e. The molecule has 0 saturated heterocycles. The maximum absolute atomic E-state index is 12.1. The molecule has 0 aliphatic rings. The molecule has 1 aromatic rings. The quantitative estimate of drug-likeness (QED) is 0.765. The second-order valence-corrected chi connectivity index (χ2v) is 3.70. The van der Waals surface area contributed by atoms with Crippen molar-refractivity contribution in [3.8, 4) is 5.75 Å². The topological polar surface area (TPSA) is 73.9 Å². The van der Waals surface area contributed by atoms with Gasteiger partial charge in [-0.2, -0.15) is 0 Å². The Balaban J connectivity index is 2.84. The highest BCUT2D eigenvalue weighted by atomic mass is 16.5. The van der Waals surface area contributed by atoms with Crippen LogP contribution in [0.25, 0.3) is 0 Å². The van der Waals surface area contributed by atoms with Crippen molar-refractivity contribution in [2.75, 3.05) is 27.9 Å². The van der Waals surface area contributed by atoms with Crippen LogP contribution in [-0.4, -0.2) is 45.9 Å². The van der Waals surface area contributed by atoms with Crippen LogP contribution in [-0.2, 0) is 14.3 Å². The fourth-order valence-corrected chi connectivity index (χ4v) is 1.55. The molecule has 0 spiro atoms. The van der Waals surface area contributed by atoms with Crippen LogP contribution in [0.5, 0.6) is 5.75 Å². The summed E-state index contributed by atoms with van der Waals surface area (Å²) >= 11 is 0. The number of hydrogen-bond donors (Lipinski definition) is 1. The highest BCUT2D eigenvalue weighted by molar-refractivity contribution is 5.99. The smallest absolute Gasteiger partial charge is 0.330 e. The Morgan fingerprint density at radius 3 is 2.47 bits per heavy atom. The van der Waals surface area contributed by atoms with Crippen molar-refractivity contribution in [2.24, 2.45) is 0 Å². The number of hydrogen-bond acceptors (Lipinski definition) is 5. The van der Waals surface area contributed by atoms with Gasteiger partial charge < -0.3 is 19.5 Å². The Kier molecular flexibility index (Phi) is 5.81. The number of ether oxygens (including phenoxy) is 3. The molecule has 0 radical (unpaired) electrons. The van der Waals surface area contributed by atoms with E-state index >= 15 is 0 Å². The molecular formula is C13H17NO5. The minimum absolute atomic E-state index is 0.0353. The minimum Gasteiger partial charge on any atom is -0.496 e. The van der Waals surface area contributed by atoms with Crippen molar-refractivity contribution in [2.45, 2.75) is 6.04 Å². The lowest BCUT2D eigenvalue weighted by Crippen LogP contribution is -2.44. The molecule has 1 atom stereocenters. The molecule has 0 bridgehead atoms. The third-order valence-electron chi connectivity index (χ3n) is 2.48. The van der Waals surface area contributed by atoms with E-state index in [-0.39, 0.29) is 6.61 Å². The normalized spacial score (nSPS) is 11.5. The van der Waals surface area contributed by atoms with E-state index in [1.54, 1.807) is 24.3 Å². The number of esters is 1. The third-order valence-corrected chi connectivity index (χ3v) is 2.48. The van der Waals surface area contributed by atoms with Crippen molar-refractivity contribution in [1.29, 1.82) is 0 Å². The first-order chi connectivity index (χ1) is 9.13. The molecule has 0 fully saturated rings. The standard InChI is InChI=1S/C13H17NO5/c1-17-8-10(13(16)19-3)14-12(15)9-6-4-5-7-11(9)18-2/h4-7,10H,8H2,1-3H3,(H,14,15). The second kappa shape index (κ2) is 7.38. The summed E-state index contributed by atoms with van der Waals surface area (Å²) in [6.07, 6.45) is 0. The predicted molar refractivity (Wildman–Crippen MR) is 68.1 cm³/mol. The van der Waals surface area contributed by atoms with Crippen molar-refractivity contribution >= 4 is 11.9 Å². The SMILES string of the molecule is COCC(NC(=O)c1ccccc1OC)C(=O)OC. The molecule has 1 aromatic carbocycles. The van der Waals surface area contributed by atoms with E-state index in [0.29, 0.717) is 11.3 Å². The second-order valence-electron chi connectivity index (χ2n) is 3.70. The van der Waals surface area contributed by atoms with E-state index in [1.807, 2.05) is 0 Å². The number of amides is 1. The van der Waals surface area contributed by atoms with Gasteiger partial charge in [-0.05, 0) is 12.1 Å². The van der Waals surface area contributed by atoms with Crippen LogP contribution in [0.4, 0.5) is 0 Å². The van der Waals surface area contributed by atoms with Crippen molar-refractivity contribution < 1.29 is 23.8 Å². The van der Waals surface area contributed by atoms with E-state index in [2.05, 4.69) is 10.1 Å². The molecule has 1 rings (SSSR count). The lowest BCUT2D eigenvalue weighted by molar-refractivity contribution is -0.144. The van der Waals surface area contributed by atoms with Gasteiger partial charge in [-0.1, -0.05) is 12.1 Å². The molecule has 0 saturated carbocycles. The molecule has 6 heteroatoms. The summed E-state index contributed by atoms with van der Waals surface area (Å²) in [5, 5.41) is 2.54. The van der Waals surface area contributed by atoms with Crippen molar-refractivity contribution in [3.63, 3.8) is 0 Å². The Hall–Kier alpha value is -2.08. The van der Waals surface area contributed by atoms with Gasteiger partial charge in [0, 0.05) is 7.11 Å². The van der Waals surface area contributed by atoms with E-state index in [0.717, 1.165) is 0 Å². The van der Waals surface area contributed by atoms with E-state index in [4.69, 9.17) is 9.47 Å². The zero-order valence-corrected chi connectivity index (χ0v) is 11.1. The van der Waals surface area contributed by atoms with Crippen LogP contribution in [0.2, 0.25) is 0 Å². The molecule has 1 amide bonds. The van der Waals surface area contributed by atoms with Crippen LogP contribution < -0.4 is 10.1 Å². The number of carbonyl (C=O) groups is 2. The van der Waals surface area contributed by atoms with Gasteiger partial charge in [-0.15, -0.1) is 0 Å². The van der Waals surface area contributed by atoms with Gasteiger partial charge in [0.1, 0.15) is 5.75 Å². The third kappa shape index (κ3) is 3.96. The van der Waals surface area contributed by atoms with E-state index in [9.17, 15) is 9.59 Å². The molecular weight excluding hydrogens is 250 g/mol. The number of nitrogens with one attached hydrogen (secondary N) is 1. The molecule has 6 nitrogen and oxygen atoms in total. The van der Waals surface area contributed by atoms with Crippen LogP contribution in [0.3, 0.4) is 0 Å². The maximum Gasteiger partial charge on any atom is 0.330 e. The van der Waals surface area contributed by atoms with Gasteiger partial charge in [-0.25, -0.2) is 4.79 Å². The minimum atomic E-state index is -0.854. The van der Waals surface area contributed by atoms with Crippen molar-refractivity contribution in [1.82, 2.24) is 5.32 Å². The molecule has 104 valence electrons. The highest BCUT2D eigenvalue weighted by Crippen LogP contribution is 2.17. The first kappa shape index (κ1) is 15.0. The van der Waals surface area contributed by atoms with Crippen LogP contribution in [0, 0.1) is 0 Å². The number of rotatable bonds is 6. The number of para-hydroxylation sites is 1. The average molecular weight is 267 g/mol. The molecule has 0 aliphatic carbocycles. The summed E-state index contributed by atoms with van der Waals surface area (Å²) in [6.45, 7) is 0.0353. The summed E-state index contributed by atoms with van der Waals surface area (Å²) < 4.78 is 14.6. The van der Waals surface area contributed by atoms with Gasteiger partial charge in [0.25, 0.3) is 5.91 Å². The summed E-state index contributed by atoms with van der Waals surface area (Å²) in [4.78, 5) is 23.6. The summed E-state index contributed by atoms with van der Waals surface area (Å²) in [6, 6.07) is 5.88. The van der Waals surface area contributed by atoms with E-state index in [1.165, 1.54) is 21.3 Å². The monoisotopic (exact) mass is 267 g/mol. The molecule has 1 N–H and O–H groups in total. The van der Waals surface area contributed by atoms with Gasteiger partial charge in [-0.3, -0.25) is 4.79 Å². The first-order valence-corrected chi connectivity index (χ1v) is 5.64. The Bertz CT molecular complexity index is 446. The van der Waals surface area contributed by atoms with Gasteiger partial charge >= 0.3 is 5.97 Å². The van der Waals surface area contributed by atoms with Crippen molar-refractivity contribution in [3.05, 3.63) is 29.8 Å². The van der Waals surface area contributed by atoms with E-state index < -0.39 is 17.9 Å². The molecule has 1 unspecified atom stereocenters. The lowest BCUT2D eigenvalue weighted by Gasteiger charge is -2.16. The van der Waals surface area contributed by atoms with Crippen LogP contribution in [0.1, 0.15) is 10.4 Å². The number of benzene rings is 1. The highest BCUT2D eigenvalue weighted by Gasteiger charge is 2.23. The fraction of sp³-hybridized carbons (Fsp3) is 0.385. The Morgan fingerprint density at radius 1 is 1.21 bits per heavy atom. The zero-order valence-electron chi connectivity index (χ0n) is 11.1. The molecule has 0 aromatic heterocycles. The summed E-state index contributed by atoms with van der Waals surface area (Å²) in [5.41, 5.74) is 0.343. The summed E-state index contributed by atoms with van der Waals surface area (Å²) in [7, 11) is 4.16. The number of methoxy groups -OCH3 is 3. The Morgan fingerprint density at radius 2 is 1.89 bits per heavy atom.